The third-order valence-corrected chi connectivity index (χ3v) is 4.72. The predicted octanol–water partition coefficient (Wildman–Crippen LogP) is 1.58. The highest BCUT2D eigenvalue weighted by molar-refractivity contribution is 5.97. The molecule has 0 aromatic heterocycles. The normalized spacial score (nSPS) is 23.2. The third-order valence-electron chi connectivity index (χ3n) is 4.72. The molecule has 140 valence electrons. The number of rotatable bonds is 3. The molecule has 2 unspecified atom stereocenters. The van der Waals surface area contributed by atoms with Gasteiger partial charge >= 0.3 is 12.0 Å². The molecule has 2 aliphatic heterocycles. The Kier molecular flexibility index (Phi) is 5.06. The van der Waals surface area contributed by atoms with Crippen molar-refractivity contribution < 1.29 is 28.3 Å². The molecule has 2 atom stereocenters. The van der Waals surface area contributed by atoms with E-state index < -0.39 is 47.2 Å². The van der Waals surface area contributed by atoms with Crippen LogP contribution in [0.15, 0.2) is 18.2 Å². The fraction of sp³-hybridized carbons (Fsp3) is 0.471. The maximum absolute atomic E-state index is 13.9. The molecule has 0 aliphatic carbocycles. The van der Waals surface area contributed by atoms with E-state index in [1.54, 1.807) is 0 Å². The third kappa shape index (κ3) is 3.61. The number of carboxylic acid groups (broad SMARTS) is 1. The first kappa shape index (κ1) is 18.1. The first-order valence-corrected chi connectivity index (χ1v) is 8.39. The fourth-order valence-electron chi connectivity index (χ4n) is 3.40. The molecule has 1 aromatic carbocycles. The van der Waals surface area contributed by atoms with Gasteiger partial charge in [0.15, 0.2) is 0 Å². The number of carbonyl (C=O) groups is 3. The summed E-state index contributed by atoms with van der Waals surface area (Å²) in [7, 11) is 0. The molecule has 3 rings (SSSR count). The average molecular weight is 367 g/mol. The number of carboxylic acids is 1. The Morgan fingerprint density at radius 1 is 1.19 bits per heavy atom. The number of carbonyl (C=O) groups excluding carboxylic acids is 2. The molecule has 7 nitrogen and oxygen atoms in total. The summed E-state index contributed by atoms with van der Waals surface area (Å²) >= 11 is 0. The van der Waals surface area contributed by atoms with E-state index in [9.17, 15) is 23.2 Å². The molecule has 0 bridgehead atoms. The van der Waals surface area contributed by atoms with Crippen molar-refractivity contribution in [3.8, 4) is 0 Å². The lowest BCUT2D eigenvalue weighted by atomic mass is 9.99. The summed E-state index contributed by atoms with van der Waals surface area (Å²) in [5.41, 5.74) is -0.418. The van der Waals surface area contributed by atoms with Crippen molar-refractivity contribution in [2.75, 3.05) is 24.5 Å². The van der Waals surface area contributed by atoms with Crippen molar-refractivity contribution in [2.24, 2.45) is 5.92 Å². The minimum atomic E-state index is -0.945. The van der Waals surface area contributed by atoms with Crippen molar-refractivity contribution in [3.63, 3.8) is 0 Å². The summed E-state index contributed by atoms with van der Waals surface area (Å²) in [6, 6.07) is 2.28. The number of aliphatic carboxylic acids is 1. The highest BCUT2D eigenvalue weighted by atomic mass is 19.1. The molecule has 26 heavy (non-hydrogen) atoms. The van der Waals surface area contributed by atoms with E-state index in [4.69, 9.17) is 5.11 Å². The zero-order chi connectivity index (χ0) is 18.8. The number of hydrogen-bond donors (Lipinski definition) is 2. The van der Waals surface area contributed by atoms with Crippen LogP contribution in [0.25, 0.3) is 0 Å². The second-order valence-corrected chi connectivity index (χ2v) is 6.55. The van der Waals surface area contributed by atoms with Crippen molar-refractivity contribution in [3.05, 3.63) is 29.8 Å². The molecule has 2 N–H and O–H groups in total. The zero-order valence-corrected chi connectivity index (χ0v) is 14.0. The van der Waals surface area contributed by atoms with E-state index in [1.807, 2.05) is 0 Å². The van der Waals surface area contributed by atoms with Gasteiger partial charge in [-0.25, -0.2) is 13.6 Å². The van der Waals surface area contributed by atoms with Crippen LogP contribution in [0, 0.1) is 17.6 Å². The van der Waals surface area contributed by atoms with Crippen molar-refractivity contribution >= 4 is 23.6 Å². The van der Waals surface area contributed by atoms with Crippen LogP contribution in [0.4, 0.5) is 19.3 Å². The average Bonchev–Trinajstić information content (AvgIpc) is 2.95. The first-order valence-electron chi connectivity index (χ1n) is 8.39. The number of likely N-dealkylation sites (tertiary alicyclic amines) is 1. The summed E-state index contributed by atoms with van der Waals surface area (Å²) in [6.45, 7) is 0.494. The summed E-state index contributed by atoms with van der Waals surface area (Å²) in [6.07, 6.45) is 1.03. The van der Waals surface area contributed by atoms with Gasteiger partial charge in [-0.3, -0.25) is 9.59 Å². The van der Waals surface area contributed by atoms with E-state index in [2.05, 4.69) is 5.32 Å². The Hall–Kier alpha value is -2.71. The molecule has 2 fully saturated rings. The number of para-hydroxylation sites is 1. The quantitative estimate of drug-likeness (QED) is 0.849. The summed E-state index contributed by atoms with van der Waals surface area (Å²) in [5, 5.41) is 11.8. The number of benzene rings is 1. The minimum absolute atomic E-state index is 0.0430. The number of amides is 3. The van der Waals surface area contributed by atoms with Crippen LogP contribution in [-0.2, 0) is 9.59 Å². The Balaban J connectivity index is 1.64. The van der Waals surface area contributed by atoms with E-state index in [0.29, 0.717) is 19.4 Å². The Bertz CT molecular complexity index is 722. The van der Waals surface area contributed by atoms with Gasteiger partial charge in [0.2, 0.25) is 5.91 Å². The van der Waals surface area contributed by atoms with Crippen LogP contribution in [-0.4, -0.2) is 53.6 Å². The molecule has 0 radical (unpaired) electrons. The summed E-state index contributed by atoms with van der Waals surface area (Å²) in [4.78, 5) is 38.0. The highest BCUT2D eigenvalue weighted by Gasteiger charge is 2.36. The number of nitrogens with zero attached hydrogens (tertiary/aromatic N) is 2. The molecule has 1 aromatic rings. The molecule has 0 spiro atoms. The van der Waals surface area contributed by atoms with Crippen LogP contribution in [0.5, 0.6) is 0 Å². The number of nitrogens with one attached hydrogen (secondary N) is 1. The Labute approximate surface area is 148 Å². The van der Waals surface area contributed by atoms with Crippen LogP contribution in [0.2, 0.25) is 0 Å². The standard InChI is InChI=1S/C17H19F2N3O4/c18-12-4-1-5-13(19)15(12)22-9-11(7-14(22)23)20-17(26)21-6-2-3-10(8-21)16(24)25/h1,4-5,10-11H,2-3,6-9H2,(H,20,26)(H,24,25). The molecule has 2 heterocycles. The van der Waals surface area contributed by atoms with Crippen LogP contribution < -0.4 is 10.2 Å². The molecule has 2 aliphatic rings. The Morgan fingerprint density at radius 3 is 2.54 bits per heavy atom. The molecule has 0 saturated carbocycles. The predicted molar refractivity (Wildman–Crippen MR) is 87.6 cm³/mol. The molecule has 2 saturated heterocycles. The lowest BCUT2D eigenvalue weighted by molar-refractivity contribution is -0.143. The van der Waals surface area contributed by atoms with Crippen LogP contribution in [0.1, 0.15) is 19.3 Å². The van der Waals surface area contributed by atoms with Crippen LogP contribution >= 0.6 is 0 Å². The Morgan fingerprint density at radius 2 is 1.88 bits per heavy atom. The molecule has 9 heteroatoms. The number of halogens is 2. The van der Waals surface area contributed by atoms with Gasteiger partial charge in [-0.1, -0.05) is 6.07 Å². The summed E-state index contributed by atoms with van der Waals surface area (Å²) in [5.74, 6) is -3.72. The zero-order valence-electron chi connectivity index (χ0n) is 14.0. The van der Waals surface area contributed by atoms with Gasteiger partial charge in [-0.2, -0.15) is 0 Å². The summed E-state index contributed by atoms with van der Waals surface area (Å²) < 4.78 is 27.8. The number of urea groups is 1. The molecular formula is C17H19F2N3O4. The van der Waals surface area contributed by atoms with E-state index in [1.165, 1.54) is 11.0 Å². The van der Waals surface area contributed by atoms with Crippen LogP contribution in [0.3, 0.4) is 0 Å². The maximum Gasteiger partial charge on any atom is 0.317 e. The van der Waals surface area contributed by atoms with Crippen molar-refractivity contribution in [1.82, 2.24) is 10.2 Å². The van der Waals surface area contributed by atoms with Gasteiger partial charge in [0.1, 0.15) is 17.3 Å². The van der Waals surface area contributed by atoms with Gasteiger partial charge in [-0.15, -0.1) is 0 Å². The lowest BCUT2D eigenvalue weighted by Crippen LogP contribution is -2.50. The largest absolute Gasteiger partial charge is 0.481 e. The minimum Gasteiger partial charge on any atom is -0.481 e. The van der Waals surface area contributed by atoms with Gasteiger partial charge in [-0.05, 0) is 25.0 Å². The second kappa shape index (κ2) is 7.27. The fourth-order valence-corrected chi connectivity index (χ4v) is 3.40. The molecule has 3 amide bonds. The smallest absolute Gasteiger partial charge is 0.317 e. The number of hydrogen-bond acceptors (Lipinski definition) is 3. The molecular weight excluding hydrogens is 348 g/mol. The van der Waals surface area contributed by atoms with Gasteiger partial charge in [0.05, 0.1) is 12.0 Å². The van der Waals surface area contributed by atoms with Gasteiger partial charge < -0.3 is 20.2 Å². The van der Waals surface area contributed by atoms with Gasteiger partial charge in [0, 0.05) is 26.1 Å². The van der Waals surface area contributed by atoms with E-state index >= 15 is 0 Å². The highest BCUT2D eigenvalue weighted by Crippen LogP contribution is 2.27. The van der Waals surface area contributed by atoms with E-state index in [-0.39, 0.29) is 19.5 Å². The second-order valence-electron chi connectivity index (χ2n) is 6.55. The van der Waals surface area contributed by atoms with Crippen molar-refractivity contribution in [1.29, 1.82) is 0 Å². The van der Waals surface area contributed by atoms with E-state index in [0.717, 1.165) is 17.0 Å². The van der Waals surface area contributed by atoms with Gasteiger partial charge in [0.25, 0.3) is 0 Å². The van der Waals surface area contributed by atoms with Crippen molar-refractivity contribution in [2.45, 2.75) is 25.3 Å². The topological polar surface area (TPSA) is 90.0 Å². The first-order chi connectivity index (χ1) is 12.4. The maximum atomic E-state index is 13.9. The monoisotopic (exact) mass is 367 g/mol. The SMILES string of the molecule is O=C(O)C1CCCN(C(=O)NC2CC(=O)N(c3c(F)cccc3F)C2)C1. The lowest BCUT2D eigenvalue weighted by Gasteiger charge is -2.31. The number of anilines is 1. The number of piperidine rings is 1.